The van der Waals surface area contributed by atoms with Crippen molar-refractivity contribution in [1.82, 2.24) is 4.98 Å². The summed E-state index contributed by atoms with van der Waals surface area (Å²) in [5, 5.41) is 1.44. The molecule has 24 heavy (non-hydrogen) atoms. The van der Waals surface area contributed by atoms with E-state index >= 15 is 0 Å². The van der Waals surface area contributed by atoms with Crippen molar-refractivity contribution in [3.63, 3.8) is 0 Å². The summed E-state index contributed by atoms with van der Waals surface area (Å²) < 4.78 is 10.8. The van der Waals surface area contributed by atoms with Crippen LogP contribution in [-0.2, 0) is 19.1 Å². The molecule has 0 saturated carbocycles. The van der Waals surface area contributed by atoms with Crippen LogP contribution in [0.5, 0.6) is 0 Å². The predicted molar refractivity (Wildman–Crippen MR) is 88.5 cm³/mol. The van der Waals surface area contributed by atoms with E-state index in [4.69, 9.17) is 9.47 Å². The van der Waals surface area contributed by atoms with Crippen molar-refractivity contribution >= 4 is 28.9 Å². The number of hydrogen-bond acceptors (Lipinski definition) is 6. The number of esters is 2. The molecule has 1 aliphatic heterocycles. The maximum atomic E-state index is 12.4. The van der Waals surface area contributed by atoms with Crippen LogP contribution in [0.3, 0.4) is 0 Å². The SMILES string of the molecule is CC(C)(C)OC(=O)C1=NC2=c3c1nccc3=C2C(=O)OC(C)(C)C. The largest absolute Gasteiger partial charge is 0.456 e. The van der Waals surface area contributed by atoms with Crippen LogP contribution in [0, 0.1) is 0 Å². The lowest BCUT2D eigenvalue weighted by Gasteiger charge is -2.22. The van der Waals surface area contributed by atoms with Crippen LogP contribution in [-0.4, -0.2) is 33.8 Å². The zero-order valence-corrected chi connectivity index (χ0v) is 14.7. The van der Waals surface area contributed by atoms with E-state index < -0.39 is 23.1 Å². The molecule has 3 rings (SSSR count). The van der Waals surface area contributed by atoms with Gasteiger partial charge < -0.3 is 9.47 Å². The molecule has 6 nitrogen and oxygen atoms in total. The number of carbonyl (C=O) groups excluding carboxylic acids is 2. The van der Waals surface area contributed by atoms with Crippen molar-refractivity contribution < 1.29 is 19.1 Å². The van der Waals surface area contributed by atoms with Crippen molar-refractivity contribution in [2.45, 2.75) is 52.7 Å². The first kappa shape index (κ1) is 16.4. The number of rotatable bonds is 2. The number of ether oxygens (including phenoxy) is 2. The van der Waals surface area contributed by atoms with Gasteiger partial charge in [0.2, 0.25) is 0 Å². The zero-order valence-electron chi connectivity index (χ0n) is 14.7. The number of carbonyl (C=O) groups is 2. The van der Waals surface area contributed by atoms with Gasteiger partial charge in [0.15, 0.2) is 5.71 Å². The van der Waals surface area contributed by atoms with E-state index in [9.17, 15) is 9.59 Å². The quantitative estimate of drug-likeness (QED) is 0.752. The molecule has 0 aromatic carbocycles. The highest BCUT2D eigenvalue weighted by atomic mass is 16.6. The Bertz CT molecular complexity index is 912. The Labute approximate surface area is 139 Å². The molecule has 1 aliphatic carbocycles. The minimum absolute atomic E-state index is 0.135. The number of pyridine rings is 1. The van der Waals surface area contributed by atoms with Gasteiger partial charge in [-0.1, -0.05) is 0 Å². The van der Waals surface area contributed by atoms with Gasteiger partial charge in [-0.3, -0.25) is 4.98 Å². The molecule has 0 atom stereocenters. The molecule has 2 aliphatic rings. The summed E-state index contributed by atoms with van der Waals surface area (Å²) in [5.74, 6) is -0.995. The molecule has 0 fully saturated rings. The lowest BCUT2D eigenvalue weighted by molar-refractivity contribution is -0.147. The van der Waals surface area contributed by atoms with Crippen molar-refractivity contribution in [2.24, 2.45) is 4.99 Å². The topological polar surface area (TPSA) is 77.9 Å². The van der Waals surface area contributed by atoms with E-state index in [1.807, 2.05) is 0 Å². The predicted octanol–water partition coefficient (Wildman–Crippen LogP) is 0.840. The van der Waals surface area contributed by atoms with E-state index in [1.54, 1.807) is 53.8 Å². The first-order chi connectivity index (χ1) is 11.0. The first-order valence-electron chi connectivity index (χ1n) is 7.78. The van der Waals surface area contributed by atoms with Gasteiger partial charge in [0.1, 0.15) is 16.9 Å². The van der Waals surface area contributed by atoms with E-state index in [0.29, 0.717) is 22.2 Å². The molecular weight excluding hydrogens is 308 g/mol. The number of aliphatic imine (C=N–C) groups is 1. The molecule has 0 bridgehead atoms. The average molecular weight is 328 g/mol. The fourth-order valence-corrected chi connectivity index (χ4v) is 2.56. The molecule has 2 heterocycles. The van der Waals surface area contributed by atoms with Gasteiger partial charge in [-0.05, 0) is 47.6 Å². The zero-order chi connectivity index (χ0) is 17.9. The standard InChI is InChI=1S/C18H20N2O4/c1-17(2,3)23-15(21)11-9-7-8-19-13-10(9)12(11)20-14(13)16(22)24-18(4,5)6/h7-8H,1-6H3. The van der Waals surface area contributed by atoms with Gasteiger partial charge in [-0.2, -0.15) is 0 Å². The van der Waals surface area contributed by atoms with Crippen LogP contribution < -0.4 is 10.4 Å². The number of hydrogen-bond donors (Lipinski definition) is 0. The van der Waals surface area contributed by atoms with Crippen LogP contribution in [0.15, 0.2) is 17.3 Å². The van der Waals surface area contributed by atoms with Gasteiger partial charge in [0.25, 0.3) is 0 Å². The lowest BCUT2D eigenvalue weighted by Crippen LogP contribution is -2.44. The highest BCUT2D eigenvalue weighted by molar-refractivity contribution is 6.47. The van der Waals surface area contributed by atoms with E-state index in [2.05, 4.69) is 9.98 Å². The molecule has 0 unspecified atom stereocenters. The van der Waals surface area contributed by atoms with Crippen molar-refractivity contribution in [3.8, 4) is 0 Å². The monoisotopic (exact) mass is 328 g/mol. The molecule has 1 aromatic heterocycles. The van der Waals surface area contributed by atoms with E-state index in [0.717, 1.165) is 5.22 Å². The van der Waals surface area contributed by atoms with Gasteiger partial charge in [-0.15, -0.1) is 0 Å². The second-order valence-corrected chi connectivity index (χ2v) is 7.77. The summed E-state index contributed by atoms with van der Waals surface area (Å²) in [4.78, 5) is 33.3. The minimum atomic E-state index is -0.633. The summed E-state index contributed by atoms with van der Waals surface area (Å²) >= 11 is 0. The third-order valence-electron chi connectivity index (χ3n) is 3.34. The summed E-state index contributed by atoms with van der Waals surface area (Å²) in [6.07, 6.45) is 1.56. The van der Waals surface area contributed by atoms with Crippen LogP contribution >= 0.6 is 0 Å². The molecule has 126 valence electrons. The van der Waals surface area contributed by atoms with E-state index in [1.165, 1.54) is 0 Å². The van der Waals surface area contributed by atoms with Crippen LogP contribution in [0.2, 0.25) is 0 Å². The lowest BCUT2D eigenvalue weighted by atomic mass is 9.96. The highest BCUT2D eigenvalue weighted by Crippen LogP contribution is 2.26. The van der Waals surface area contributed by atoms with Crippen molar-refractivity contribution in [3.05, 3.63) is 28.4 Å². The fourth-order valence-electron chi connectivity index (χ4n) is 2.56. The van der Waals surface area contributed by atoms with Gasteiger partial charge in [-0.25, -0.2) is 14.6 Å². The fraction of sp³-hybridized carbons (Fsp3) is 0.444. The second kappa shape index (κ2) is 5.00. The number of aromatic nitrogens is 1. The summed E-state index contributed by atoms with van der Waals surface area (Å²) in [6.45, 7) is 10.8. The average Bonchev–Trinajstić information content (AvgIpc) is 2.71. The van der Waals surface area contributed by atoms with E-state index in [-0.39, 0.29) is 5.71 Å². The molecule has 0 spiro atoms. The molecule has 0 amide bonds. The third-order valence-corrected chi connectivity index (χ3v) is 3.34. The smallest absolute Gasteiger partial charge is 0.359 e. The normalized spacial score (nSPS) is 15.5. The Morgan fingerprint density at radius 2 is 1.54 bits per heavy atom. The van der Waals surface area contributed by atoms with Crippen molar-refractivity contribution in [1.29, 1.82) is 0 Å². The Morgan fingerprint density at radius 3 is 2.12 bits per heavy atom. The van der Waals surface area contributed by atoms with Gasteiger partial charge >= 0.3 is 11.9 Å². The molecule has 0 radical (unpaired) electrons. The maximum absolute atomic E-state index is 12.4. The minimum Gasteiger partial charge on any atom is -0.456 e. The molecular formula is C18H20N2O4. The van der Waals surface area contributed by atoms with Gasteiger partial charge in [0, 0.05) is 16.6 Å². The third kappa shape index (κ3) is 2.72. The first-order valence-corrected chi connectivity index (χ1v) is 7.78. The molecule has 0 N–H and O–H groups in total. The Morgan fingerprint density at radius 1 is 0.958 bits per heavy atom. The molecule has 0 saturated heterocycles. The van der Waals surface area contributed by atoms with Crippen molar-refractivity contribution in [2.75, 3.05) is 0 Å². The molecule has 6 heteroatoms. The number of nitrogens with zero attached hydrogens (tertiary/aromatic N) is 2. The Balaban J connectivity index is 1.97. The summed E-state index contributed by atoms with van der Waals surface area (Å²) in [7, 11) is 0. The molecule has 1 aromatic rings. The van der Waals surface area contributed by atoms with Crippen LogP contribution in [0.4, 0.5) is 0 Å². The highest BCUT2D eigenvalue weighted by Gasteiger charge is 2.37. The second-order valence-electron chi connectivity index (χ2n) is 7.77. The Kier molecular flexibility index (Phi) is 3.41. The maximum Gasteiger partial charge on any atom is 0.359 e. The van der Waals surface area contributed by atoms with Crippen LogP contribution in [0.1, 0.15) is 47.2 Å². The van der Waals surface area contributed by atoms with Crippen LogP contribution in [0.25, 0.3) is 11.3 Å². The summed E-state index contributed by atoms with van der Waals surface area (Å²) in [6, 6.07) is 1.73. The Hall–Kier alpha value is -2.50. The summed E-state index contributed by atoms with van der Waals surface area (Å²) in [5.41, 5.74) is 0.211. The van der Waals surface area contributed by atoms with Gasteiger partial charge in [0.05, 0.1) is 11.3 Å².